The molecule has 0 radical (unpaired) electrons. The van der Waals surface area contributed by atoms with Crippen molar-refractivity contribution in [3.63, 3.8) is 0 Å². The Morgan fingerprint density at radius 2 is 1.79 bits per heavy atom. The summed E-state index contributed by atoms with van der Waals surface area (Å²) in [5, 5.41) is 0. The monoisotopic (exact) mass is 384 g/mol. The first kappa shape index (κ1) is 22.4. The van der Waals surface area contributed by atoms with Crippen molar-refractivity contribution in [2.75, 3.05) is 7.11 Å². The molecule has 0 aliphatic carbocycles. The molecule has 1 aliphatic heterocycles. The van der Waals surface area contributed by atoms with E-state index in [4.69, 9.17) is 9.47 Å². The van der Waals surface area contributed by atoms with Crippen molar-refractivity contribution < 1.29 is 14.3 Å². The number of fused-ring (bicyclic) bond motifs is 1. The zero-order chi connectivity index (χ0) is 20.0. The fourth-order valence-electron chi connectivity index (χ4n) is 3.68. The SMILES string of the molecule is CCCCCCCC/C=C/C=C/C1OC(CCCC(=O)OC)c2ccccc21. The Kier molecular flexibility index (Phi) is 10.7. The average molecular weight is 385 g/mol. The maximum atomic E-state index is 11.3. The number of hydrogen-bond donors (Lipinski definition) is 0. The zero-order valence-electron chi connectivity index (χ0n) is 17.6. The van der Waals surface area contributed by atoms with Crippen LogP contribution in [0.25, 0.3) is 0 Å². The van der Waals surface area contributed by atoms with Crippen LogP contribution in [-0.4, -0.2) is 13.1 Å². The Labute approximate surface area is 170 Å². The minimum absolute atomic E-state index is 0.00183. The van der Waals surface area contributed by atoms with Gasteiger partial charge in [-0.05, 0) is 36.8 Å². The normalized spacial score (nSPS) is 18.8. The number of rotatable bonds is 13. The van der Waals surface area contributed by atoms with Gasteiger partial charge in [0.2, 0.25) is 0 Å². The summed E-state index contributed by atoms with van der Waals surface area (Å²) in [6.45, 7) is 2.26. The topological polar surface area (TPSA) is 35.5 Å². The first-order valence-corrected chi connectivity index (χ1v) is 10.9. The molecule has 0 N–H and O–H groups in total. The van der Waals surface area contributed by atoms with E-state index >= 15 is 0 Å². The van der Waals surface area contributed by atoms with Crippen LogP contribution in [0.2, 0.25) is 0 Å². The Morgan fingerprint density at radius 3 is 2.57 bits per heavy atom. The second-order valence-electron chi connectivity index (χ2n) is 7.51. The van der Waals surface area contributed by atoms with Crippen molar-refractivity contribution >= 4 is 5.97 Å². The van der Waals surface area contributed by atoms with Crippen LogP contribution >= 0.6 is 0 Å². The van der Waals surface area contributed by atoms with Crippen molar-refractivity contribution in [3.8, 4) is 0 Å². The van der Waals surface area contributed by atoms with E-state index in [0.717, 1.165) is 19.3 Å². The molecule has 2 atom stereocenters. The number of carbonyl (C=O) groups excluding carboxylic acids is 1. The lowest BCUT2D eigenvalue weighted by molar-refractivity contribution is -0.140. The molecule has 1 aliphatic rings. The van der Waals surface area contributed by atoms with E-state index in [9.17, 15) is 4.79 Å². The van der Waals surface area contributed by atoms with Gasteiger partial charge in [-0.3, -0.25) is 4.79 Å². The first-order chi connectivity index (χ1) is 13.8. The Hall–Kier alpha value is -1.87. The Balaban J connectivity index is 1.76. The van der Waals surface area contributed by atoms with Gasteiger partial charge in [0.25, 0.3) is 0 Å². The highest BCUT2D eigenvalue weighted by molar-refractivity contribution is 5.69. The maximum Gasteiger partial charge on any atom is 0.305 e. The van der Waals surface area contributed by atoms with E-state index < -0.39 is 0 Å². The second-order valence-corrected chi connectivity index (χ2v) is 7.51. The maximum absolute atomic E-state index is 11.3. The number of ether oxygens (including phenoxy) is 2. The third kappa shape index (κ3) is 7.63. The van der Waals surface area contributed by atoms with Crippen molar-refractivity contribution in [2.45, 2.75) is 83.3 Å². The van der Waals surface area contributed by atoms with Crippen molar-refractivity contribution in [1.29, 1.82) is 0 Å². The van der Waals surface area contributed by atoms with Crippen LogP contribution in [-0.2, 0) is 14.3 Å². The van der Waals surface area contributed by atoms with Crippen LogP contribution in [0.1, 0.15) is 94.5 Å². The molecule has 1 heterocycles. The molecule has 1 aromatic carbocycles. The number of unbranched alkanes of at least 4 members (excludes halogenated alkanes) is 6. The van der Waals surface area contributed by atoms with Gasteiger partial charge in [-0.15, -0.1) is 0 Å². The van der Waals surface area contributed by atoms with Gasteiger partial charge in [0, 0.05) is 6.42 Å². The van der Waals surface area contributed by atoms with Crippen LogP contribution in [0.15, 0.2) is 48.6 Å². The quantitative estimate of drug-likeness (QED) is 0.208. The molecular formula is C25H36O3. The molecule has 0 saturated heterocycles. The van der Waals surface area contributed by atoms with Gasteiger partial charge in [-0.1, -0.05) is 87.6 Å². The molecular weight excluding hydrogens is 348 g/mol. The van der Waals surface area contributed by atoms with Gasteiger partial charge in [-0.25, -0.2) is 0 Å². The molecule has 28 heavy (non-hydrogen) atoms. The molecule has 154 valence electrons. The molecule has 0 fully saturated rings. The van der Waals surface area contributed by atoms with Gasteiger partial charge in [0.1, 0.15) is 6.10 Å². The highest BCUT2D eigenvalue weighted by atomic mass is 16.5. The van der Waals surface area contributed by atoms with E-state index in [1.165, 1.54) is 56.8 Å². The molecule has 0 saturated carbocycles. The molecule has 0 spiro atoms. The fourth-order valence-corrected chi connectivity index (χ4v) is 3.68. The molecule has 3 heteroatoms. The minimum atomic E-state index is -0.154. The number of hydrogen-bond acceptors (Lipinski definition) is 3. The minimum Gasteiger partial charge on any atom is -0.469 e. The number of benzene rings is 1. The summed E-state index contributed by atoms with van der Waals surface area (Å²) in [6, 6.07) is 8.40. The van der Waals surface area contributed by atoms with E-state index in [1.54, 1.807) is 0 Å². The lowest BCUT2D eigenvalue weighted by Crippen LogP contribution is -2.02. The summed E-state index contributed by atoms with van der Waals surface area (Å²) in [6.07, 6.45) is 19.9. The van der Waals surface area contributed by atoms with E-state index in [0.29, 0.717) is 6.42 Å². The smallest absolute Gasteiger partial charge is 0.305 e. The molecule has 0 bridgehead atoms. The van der Waals surface area contributed by atoms with Gasteiger partial charge in [0.15, 0.2) is 0 Å². The standard InChI is InChI=1S/C25H36O3/c1-3-4-5-6-7-8-9-10-11-12-18-23-21-16-13-14-17-22(21)24(28-23)19-15-20-25(26)27-2/h10-14,16-18,23-24H,3-9,15,19-20H2,1-2H3/b11-10+,18-12+. The van der Waals surface area contributed by atoms with Crippen LogP contribution < -0.4 is 0 Å². The van der Waals surface area contributed by atoms with Gasteiger partial charge >= 0.3 is 5.97 Å². The number of methoxy groups -OCH3 is 1. The average Bonchev–Trinajstić information content (AvgIpc) is 3.07. The molecule has 3 nitrogen and oxygen atoms in total. The summed E-state index contributed by atoms with van der Waals surface area (Å²) >= 11 is 0. The predicted molar refractivity (Wildman–Crippen MR) is 115 cm³/mol. The van der Waals surface area contributed by atoms with Gasteiger partial charge in [0.05, 0.1) is 13.2 Å². The molecule has 2 rings (SSSR count). The first-order valence-electron chi connectivity index (χ1n) is 10.9. The highest BCUT2D eigenvalue weighted by Crippen LogP contribution is 2.42. The lowest BCUT2D eigenvalue weighted by Gasteiger charge is -2.12. The fraction of sp³-hybridized carbons (Fsp3) is 0.560. The molecule has 0 amide bonds. The van der Waals surface area contributed by atoms with E-state index in [2.05, 4.69) is 55.5 Å². The Bertz CT molecular complexity index is 632. The van der Waals surface area contributed by atoms with E-state index in [-0.39, 0.29) is 18.2 Å². The number of carbonyl (C=O) groups is 1. The molecule has 1 aromatic rings. The Morgan fingerprint density at radius 1 is 1.04 bits per heavy atom. The van der Waals surface area contributed by atoms with E-state index in [1.807, 2.05) is 0 Å². The lowest BCUT2D eigenvalue weighted by atomic mass is 9.99. The van der Waals surface area contributed by atoms with Crippen LogP contribution in [0.3, 0.4) is 0 Å². The predicted octanol–water partition coefficient (Wildman–Crippen LogP) is 7.01. The van der Waals surface area contributed by atoms with Crippen molar-refractivity contribution in [2.24, 2.45) is 0 Å². The van der Waals surface area contributed by atoms with Crippen molar-refractivity contribution in [3.05, 3.63) is 59.7 Å². The number of allylic oxidation sites excluding steroid dienone is 3. The number of esters is 1. The largest absolute Gasteiger partial charge is 0.469 e. The summed E-state index contributed by atoms with van der Waals surface area (Å²) in [5.74, 6) is -0.154. The third-order valence-corrected chi connectivity index (χ3v) is 5.29. The summed E-state index contributed by atoms with van der Waals surface area (Å²) in [4.78, 5) is 11.3. The van der Waals surface area contributed by atoms with Crippen molar-refractivity contribution in [1.82, 2.24) is 0 Å². The van der Waals surface area contributed by atoms with Crippen LogP contribution in [0.5, 0.6) is 0 Å². The third-order valence-electron chi connectivity index (χ3n) is 5.29. The van der Waals surface area contributed by atoms with Crippen LogP contribution in [0, 0.1) is 0 Å². The second kappa shape index (κ2) is 13.3. The zero-order valence-corrected chi connectivity index (χ0v) is 17.6. The summed E-state index contributed by atoms with van der Waals surface area (Å²) < 4.78 is 11.0. The molecule has 0 aromatic heterocycles. The highest BCUT2D eigenvalue weighted by Gasteiger charge is 2.29. The molecule has 2 unspecified atom stereocenters. The van der Waals surface area contributed by atoms with Gasteiger partial charge in [-0.2, -0.15) is 0 Å². The summed E-state index contributed by atoms with van der Waals surface area (Å²) in [5.41, 5.74) is 2.49. The van der Waals surface area contributed by atoms with Gasteiger partial charge < -0.3 is 9.47 Å². The summed E-state index contributed by atoms with van der Waals surface area (Å²) in [7, 11) is 1.44. The van der Waals surface area contributed by atoms with Crippen LogP contribution in [0.4, 0.5) is 0 Å².